The zero-order valence-electron chi connectivity index (χ0n) is 9.78. The van der Waals surface area contributed by atoms with Crippen LogP contribution >= 0.6 is 0 Å². The third-order valence-electron chi connectivity index (χ3n) is 2.75. The summed E-state index contributed by atoms with van der Waals surface area (Å²) in [6.07, 6.45) is 4.46. The number of halogens is 1. The topological polar surface area (TPSA) is 24.9 Å². The third-order valence-corrected chi connectivity index (χ3v) is 2.75. The molecule has 3 heteroatoms. The molecular weight excluding hydrogens is 215 g/mol. The van der Waals surface area contributed by atoms with Crippen molar-refractivity contribution in [3.63, 3.8) is 0 Å². The standard InChI is InChI=1S/C14H15FN2/c1-11-13(15)3-2-4-14(11)17-10-7-12-5-8-16-9-6-12/h2-6,8-9,17H,7,10H2,1H3. The Morgan fingerprint density at radius 3 is 2.71 bits per heavy atom. The van der Waals surface area contributed by atoms with Crippen LogP contribution in [0.5, 0.6) is 0 Å². The van der Waals surface area contributed by atoms with E-state index in [9.17, 15) is 4.39 Å². The summed E-state index contributed by atoms with van der Waals surface area (Å²) in [4.78, 5) is 3.97. The first kappa shape index (κ1) is 11.6. The molecule has 0 spiro atoms. The summed E-state index contributed by atoms with van der Waals surface area (Å²) in [5.41, 5.74) is 2.75. The maximum absolute atomic E-state index is 13.3. The van der Waals surface area contributed by atoms with E-state index < -0.39 is 0 Å². The quantitative estimate of drug-likeness (QED) is 0.872. The summed E-state index contributed by atoms with van der Waals surface area (Å²) in [6, 6.07) is 9.06. The van der Waals surface area contributed by atoms with Gasteiger partial charge in [-0.05, 0) is 43.2 Å². The third kappa shape index (κ3) is 3.03. The van der Waals surface area contributed by atoms with Crippen LogP contribution in [0.25, 0.3) is 0 Å². The smallest absolute Gasteiger partial charge is 0.128 e. The average Bonchev–Trinajstić information content (AvgIpc) is 2.36. The van der Waals surface area contributed by atoms with Gasteiger partial charge >= 0.3 is 0 Å². The molecule has 0 saturated heterocycles. The molecule has 1 N–H and O–H groups in total. The Morgan fingerprint density at radius 2 is 1.94 bits per heavy atom. The molecule has 17 heavy (non-hydrogen) atoms. The van der Waals surface area contributed by atoms with E-state index in [1.807, 2.05) is 18.2 Å². The van der Waals surface area contributed by atoms with Crippen LogP contribution < -0.4 is 5.32 Å². The van der Waals surface area contributed by atoms with Crippen molar-refractivity contribution in [3.8, 4) is 0 Å². The molecule has 88 valence electrons. The molecule has 1 heterocycles. The predicted octanol–water partition coefficient (Wildman–Crippen LogP) is 3.18. The highest BCUT2D eigenvalue weighted by Crippen LogP contribution is 2.17. The summed E-state index contributed by atoms with van der Waals surface area (Å²) in [7, 11) is 0. The Bertz CT molecular complexity index is 483. The molecular formula is C14H15FN2. The Balaban J connectivity index is 1.93. The van der Waals surface area contributed by atoms with Gasteiger partial charge in [0.15, 0.2) is 0 Å². The maximum atomic E-state index is 13.3. The van der Waals surface area contributed by atoms with Crippen LogP contribution in [0.2, 0.25) is 0 Å². The molecule has 0 aliphatic rings. The molecule has 0 saturated carbocycles. The molecule has 1 aromatic carbocycles. The predicted molar refractivity (Wildman–Crippen MR) is 67.6 cm³/mol. The number of hydrogen-bond donors (Lipinski definition) is 1. The van der Waals surface area contributed by atoms with Crippen molar-refractivity contribution < 1.29 is 4.39 Å². The fourth-order valence-electron chi connectivity index (χ4n) is 1.69. The maximum Gasteiger partial charge on any atom is 0.128 e. The number of nitrogens with one attached hydrogen (secondary N) is 1. The lowest BCUT2D eigenvalue weighted by Gasteiger charge is -2.09. The number of benzene rings is 1. The Labute approximate surface area is 101 Å². The second kappa shape index (κ2) is 5.43. The Hall–Kier alpha value is -1.90. The summed E-state index contributed by atoms with van der Waals surface area (Å²) < 4.78 is 13.3. The lowest BCUT2D eigenvalue weighted by atomic mass is 10.1. The van der Waals surface area contributed by atoms with Gasteiger partial charge in [-0.2, -0.15) is 0 Å². The normalized spacial score (nSPS) is 10.2. The van der Waals surface area contributed by atoms with Gasteiger partial charge in [-0.25, -0.2) is 4.39 Å². The molecule has 0 aliphatic heterocycles. The largest absolute Gasteiger partial charge is 0.384 e. The van der Waals surface area contributed by atoms with Crippen molar-refractivity contribution in [1.29, 1.82) is 0 Å². The summed E-state index contributed by atoms with van der Waals surface area (Å²) in [5, 5.41) is 3.24. The van der Waals surface area contributed by atoms with Crippen molar-refractivity contribution in [2.24, 2.45) is 0 Å². The molecule has 0 aliphatic carbocycles. The summed E-state index contributed by atoms with van der Waals surface area (Å²) in [5.74, 6) is -0.168. The monoisotopic (exact) mass is 230 g/mol. The van der Waals surface area contributed by atoms with Crippen molar-refractivity contribution >= 4 is 5.69 Å². The van der Waals surface area contributed by atoms with E-state index in [0.29, 0.717) is 5.56 Å². The van der Waals surface area contributed by atoms with E-state index in [1.54, 1.807) is 25.4 Å². The van der Waals surface area contributed by atoms with Gasteiger partial charge in [0.1, 0.15) is 5.82 Å². The number of nitrogens with zero attached hydrogens (tertiary/aromatic N) is 1. The van der Waals surface area contributed by atoms with Crippen molar-refractivity contribution in [1.82, 2.24) is 4.98 Å². The van der Waals surface area contributed by atoms with E-state index in [-0.39, 0.29) is 5.82 Å². The van der Waals surface area contributed by atoms with E-state index in [0.717, 1.165) is 18.7 Å². The van der Waals surface area contributed by atoms with Gasteiger partial charge in [0, 0.05) is 30.2 Å². The molecule has 0 atom stereocenters. The van der Waals surface area contributed by atoms with Crippen LogP contribution in [0.4, 0.5) is 10.1 Å². The highest BCUT2D eigenvalue weighted by molar-refractivity contribution is 5.50. The average molecular weight is 230 g/mol. The molecule has 0 fully saturated rings. The van der Waals surface area contributed by atoms with E-state index in [1.165, 1.54) is 11.6 Å². The van der Waals surface area contributed by atoms with E-state index >= 15 is 0 Å². The Kier molecular flexibility index (Phi) is 3.70. The molecule has 0 unspecified atom stereocenters. The molecule has 2 aromatic rings. The summed E-state index contributed by atoms with van der Waals surface area (Å²) in [6.45, 7) is 2.57. The molecule has 2 rings (SSSR count). The van der Waals surface area contributed by atoms with E-state index in [2.05, 4.69) is 10.3 Å². The first-order chi connectivity index (χ1) is 8.27. The first-order valence-corrected chi connectivity index (χ1v) is 5.65. The van der Waals surface area contributed by atoms with Gasteiger partial charge in [0.25, 0.3) is 0 Å². The number of hydrogen-bond acceptors (Lipinski definition) is 2. The number of anilines is 1. The number of pyridine rings is 1. The highest BCUT2D eigenvalue weighted by Gasteiger charge is 2.02. The van der Waals surface area contributed by atoms with Gasteiger partial charge in [-0.1, -0.05) is 6.07 Å². The first-order valence-electron chi connectivity index (χ1n) is 5.65. The molecule has 0 radical (unpaired) electrons. The second-order valence-corrected chi connectivity index (χ2v) is 3.94. The zero-order chi connectivity index (χ0) is 12.1. The van der Waals surface area contributed by atoms with Crippen LogP contribution in [0.3, 0.4) is 0 Å². The molecule has 0 amide bonds. The van der Waals surface area contributed by atoms with Crippen molar-refractivity contribution in [2.45, 2.75) is 13.3 Å². The minimum atomic E-state index is -0.168. The van der Waals surface area contributed by atoms with Crippen LogP contribution in [-0.4, -0.2) is 11.5 Å². The fraction of sp³-hybridized carbons (Fsp3) is 0.214. The zero-order valence-corrected chi connectivity index (χ0v) is 9.78. The lowest BCUT2D eigenvalue weighted by Crippen LogP contribution is -2.06. The lowest BCUT2D eigenvalue weighted by molar-refractivity contribution is 0.619. The van der Waals surface area contributed by atoms with Crippen LogP contribution in [0.15, 0.2) is 42.7 Å². The van der Waals surface area contributed by atoms with Gasteiger partial charge in [0.2, 0.25) is 0 Å². The minimum absolute atomic E-state index is 0.168. The van der Waals surface area contributed by atoms with Crippen molar-refractivity contribution in [3.05, 3.63) is 59.7 Å². The SMILES string of the molecule is Cc1c(F)cccc1NCCc1ccncc1. The number of aromatic nitrogens is 1. The van der Waals surface area contributed by atoms with Gasteiger partial charge in [0.05, 0.1) is 0 Å². The van der Waals surface area contributed by atoms with Gasteiger partial charge < -0.3 is 5.32 Å². The van der Waals surface area contributed by atoms with E-state index in [4.69, 9.17) is 0 Å². The van der Waals surface area contributed by atoms with Crippen LogP contribution in [0, 0.1) is 12.7 Å². The van der Waals surface area contributed by atoms with Crippen LogP contribution in [-0.2, 0) is 6.42 Å². The number of rotatable bonds is 4. The minimum Gasteiger partial charge on any atom is -0.384 e. The molecule has 1 aromatic heterocycles. The molecule has 2 nitrogen and oxygen atoms in total. The highest BCUT2D eigenvalue weighted by atomic mass is 19.1. The second-order valence-electron chi connectivity index (χ2n) is 3.94. The molecule has 0 bridgehead atoms. The van der Waals surface area contributed by atoms with Crippen LogP contribution in [0.1, 0.15) is 11.1 Å². The fourth-order valence-corrected chi connectivity index (χ4v) is 1.69. The van der Waals surface area contributed by atoms with Gasteiger partial charge in [-0.3, -0.25) is 4.98 Å². The van der Waals surface area contributed by atoms with Gasteiger partial charge in [-0.15, -0.1) is 0 Å². The summed E-state index contributed by atoms with van der Waals surface area (Å²) >= 11 is 0. The Morgan fingerprint density at radius 1 is 1.18 bits per heavy atom. The van der Waals surface area contributed by atoms with Crippen molar-refractivity contribution in [2.75, 3.05) is 11.9 Å².